The molecule has 41 heavy (non-hydrogen) atoms. The topological polar surface area (TPSA) is 119 Å². The van der Waals surface area contributed by atoms with E-state index in [1.54, 1.807) is 30.3 Å². The van der Waals surface area contributed by atoms with Crippen molar-refractivity contribution in [3.05, 3.63) is 59.4 Å². The van der Waals surface area contributed by atoms with Crippen LogP contribution in [0, 0.1) is 0 Å². The molecule has 0 unspecified atom stereocenters. The number of benzene rings is 2. The summed E-state index contributed by atoms with van der Waals surface area (Å²) in [6.45, 7) is 10.5. The van der Waals surface area contributed by atoms with E-state index in [1.807, 2.05) is 12.1 Å². The van der Waals surface area contributed by atoms with Crippen LogP contribution in [0.15, 0.2) is 46.9 Å². The smallest absolute Gasteiger partial charge is 0.870 e. The molecule has 3 rings (SSSR count). The molecule has 0 amide bonds. The second kappa shape index (κ2) is 19.1. The molecule has 0 aliphatic rings. The first-order valence-corrected chi connectivity index (χ1v) is 16.2. The van der Waals surface area contributed by atoms with Gasteiger partial charge in [0.1, 0.15) is 17.1 Å². The zero-order valence-electron chi connectivity index (χ0n) is 25.4. The molecule has 0 radical (unpaired) electrons. The molecule has 0 aliphatic heterocycles. The molecule has 2 N–H and O–H groups in total. The van der Waals surface area contributed by atoms with Gasteiger partial charge in [-0.05, 0) is 81.2 Å². The summed E-state index contributed by atoms with van der Waals surface area (Å²) in [6, 6.07) is 12.3. The Morgan fingerprint density at radius 1 is 0.902 bits per heavy atom. The largest absolute Gasteiger partial charge is 1.00 e. The third kappa shape index (κ3) is 12.1. The van der Waals surface area contributed by atoms with Crippen molar-refractivity contribution in [1.82, 2.24) is 4.90 Å². The molecule has 0 saturated heterocycles. The Labute approximate surface area is 288 Å². The van der Waals surface area contributed by atoms with E-state index < -0.39 is 10.0 Å². The number of rotatable bonds is 18. The maximum atomic E-state index is 13.7. The van der Waals surface area contributed by atoms with Gasteiger partial charge in [0.15, 0.2) is 5.78 Å². The number of carbonyl (C=O) groups is 1. The van der Waals surface area contributed by atoms with E-state index in [1.165, 1.54) is 25.7 Å². The number of carbonyl (C=O) groups excluding carboxylic acids is 1. The molecule has 3 aromatic rings. The van der Waals surface area contributed by atoms with Crippen molar-refractivity contribution in [2.45, 2.75) is 72.1 Å². The molecule has 1 heterocycles. The first-order chi connectivity index (χ1) is 18.8. The van der Waals surface area contributed by atoms with Crippen molar-refractivity contribution in [2.75, 3.05) is 37.2 Å². The monoisotopic (exact) mass is 612 g/mol. The Balaban J connectivity index is 0.00000420. The molecule has 0 spiro atoms. The van der Waals surface area contributed by atoms with Crippen molar-refractivity contribution >= 4 is 32.5 Å². The third-order valence-corrected chi connectivity index (χ3v) is 7.31. The molecule has 8 nitrogen and oxygen atoms in total. The number of aryl methyl sites for hydroxylation is 1. The fourth-order valence-electron chi connectivity index (χ4n) is 4.61. The van der Waals surface area contributed by atoms with Crippen LogP contribution in [0.2, 0.25) is 0 Å². The van der Waals surface area contributed by atoms with Crippen LogP contribution in [-0.2, 0) is 16.4 Å². The summed E-state index contributed by atoms with van der Waals surface area (Å²) in [7, 11) is -3.45. The average Bonchev–Trinajstić information content (AvgIpc) is 3.27. The normalized spacial score (nSPS) is 11.2. The number of fused-ring (bicyclic) bond motifs is 1. The Bertz CT molecular complexity index is 1300. The van der Waals surface area contributed by atoms with Gasteiger partial charge in [-0.1, -0.05) is 40.0 Å². The Hall–Kier alpha value is -1.24. The molecular weight excluding hydrogens is 568 g/mol. The summed E-state index contributed by atoms with van der Waals surface area (Å²) >= 11 is 0. The fourth-order valence-corrected chi connectivity index (χ4v) is 5.17. The second-order valence-corrected chi connectivity index (χ2v) is 11.9. The summed E-state index contributed by atoms with van der Waals surface area (Å²) in [4.78, 5) is 16.2. The van der Waals surface area contributed by atoms with Crippen molar-refractivity contribution in [3.63, 3.8) is 0 Å². The van der Waals surface area contributed by atoms with Gasteiger partial charge in [0.05, 0.1) is 18.4 Å². The van der Waals surface area contributed by atoms with E-state index in [0.717, 1.165) is 50.9 Å². The number of nitrogens with zero attached hydrogens (tertiary/aromatic N) is 1. The predicted molar refractivity (Wildman–Crippen MR) is 161 cm³/mol. The van der Waals surface area contributed by atoms with E-state index in [0.29, 0.717) is 46.6 Å². The summed E-state index contributed by atoms with van der Waals surface area (Å²) in [6.07, 6.45) is 9.40. The van der Waals surface area contributed by atoms with Crippen molar-refractivity contribution in [2.24, 2.45) is 0 Å². The van der Waals surface area contributed by atoms with Gasteiger partial charge in [-0.15, -0.1) is 0 Å². The minimum absolute atomic E-state index is 0. The average molecular weight is 613 g/mol. The molecular formula is C31H45KN2O6S. The molecule has 0 aliphatic carbocycles. The van der Waals surface area contributed by atoms with Crippen LogP contribution < -0.4 is 60.8 Å². The van der Waals surface area contributed by atoms with E-state index in [2.05, 4.69) is 30.4 Å². The molecule has 0 fully saturated rings. The zero-order chi connectivity index (χ0) is 28.3. The Kier molecular flexibility index (Phi) is 17.6. The molecule has 0 saturated carbocycles. The van der Waals surface area contributed by atoms with Crippen molar-refractivity contribution in [3.8, 4) is 5.75 Å². The minimum Gasteiger partial charge on any atom is -0.870 e. The van der Waals surface area contributed by atoms with Gasteiger partial charge in [-0.25, -0.2) is 8.42 Å². The second-order valence-electron chi connectivity index (χ2n) is 10.2. The first kappa shape index (κ1) is 37.8. The van der Waals surface area contributed by atoms with Gasteiger partial charge < -0.3 is 19.5 Å². The van der Waals surface area contributed by atoms with Crippen LogP contribution >= 0.6 is 0 Å². The molecule has 0 bridgehead atoms. The van der Waals surface area contributed by atoms with Gasteiger partial charge in [-0.2, -0.15) is 0 Å². The maximum absolute atomic E-state index is 13.7. The zero-order valence-corrected chi connectivity index (χ0v) is 29.3. The number of nitrogens with one attached hydrogen (secondary N) is 1. The molecule has 2 aromatic carbocycles. The van der Waals surface area contributed by atoms with Crippen LogP contribution in [0.5, 0.6) is 5.75 Å². The summed E-state index contributed by atoms with van der Waals surface area (Å²) < 4.78 is 38.0. The van der Waals surface area contributed by atoms with Gasteiger partial charge in [0.25, 0.3) is 0 Å². The van der Waals surface area contributed by atoms with Crippen molar-refractivity contribution < 1.29 is 79.2 Å². The number of anilines is 1. The molecule has 222 valence electrons. The van der Waals surface area contributed by atoms with Gasteiger partial charge >= 0.3 is 51.4 Å². The first-order valence-electron chi connectivity index (χ1n) is 14.3. The molecule has 0 atom stereocenters. The van der Waals surface area contributed by atoms with Crippen LogP contribution in [0.25, 0.3) is 11.0 Å². The predicted octanol–water partition coefficient (Wildman–Crippen LogP) is 3.88. The Morgan fingerprint density at radius 2 is 1.51 bits per heavy atom. The summed E-state index contributed by atoms with van der Waals surface area (Å²) in [5, 5.41) is 0.607. The number of hydrogen-bond acceptors (Lipinski definition) is 7. The number of ether oxygens (including phenoxy) is 1. The fraction of sp³-hybridized carbons (Fsp3) is 0.516. The van der Waals surface area contributed by atoms with E-state index >= 15 is 0 Å². The van der Waals surface area contributed by atoms with E-state index in [4.69, 9.17) is 9.15 Å². The van der Waals surface area contributed by atoms with Crippen LogP contribution in [-0.4, -0.2) is 57.1 Å². The number of unbranched alkanes of at least 4 members (excludes halogenated alkanes) is 3. The van der Waals surface area contributed by atoms with Gasteiger partial charge in [0.2, 0.25) is 10.0 Å². The quantitative estimate of drug-likeness (QED) is 0.132. The standard InChI is InChI=1S/C31H44N2O5S.K.H2O/c1-5-8-12-29-30(27-23-25(32-39(4,35)36)15-18-28(27)38-29)31(34)24-13-16-26(17-14-24)37-22-11-21-33(19-9-6-2)20-10-7-3;;/h13-18,23,32H,5-12,19-22H2,1-4H3;;1H2/q;+1;/p-1. The van der Waals surface area contributed by atoms with Crippen LogP contribution in [0.1, 0.15) is 87.4 Å². The van der Waals surface area contributed by atoms with Crippen molar-refractivity contribution in [1.29, 1.82) is 0 Å². The number of hydrogen-bond donors (Lipinski definition) is 1. The van der Waals surface area contributed by atoms with E-state index in [9.17, 15) is 13.2 Å². The summed E-state index contributed by atoms with van der Waals surface area (Å²) in [5.74, 6) is 1.22. The van der Waals surface area contributed by atoms with E-state index in [-0.39, 0.29) is 62.6 Å². The molecule has 1 aromatic heterocycles. The number of furan rings is 1. The SMILES string of the molecule is CCCCc1oc2ccc(NS(C)(=O)=O)cc2c1C(=O)c1ccc(OCCCN(CCCC)CCCC)cc1.[K+].[OH-]. The van der Waals surface area contributed by atoms with Gasteiger partial charge in [0, 0.05) is 29.6 Å². The molecule has 10 heteroatoms. The maximum Gasteiger partial charge on any atom is 1.00 e. The number of ketones is 1. The van der Waals surface area contributed by atoms with Crippen LogP contribution in [0.4, 0.5) is 5.69 Å². The third-order valence-electron chi connectivity index (χ3n) is 6.71. The van der Waals surface area contributed by atoms with Gasteiger partial charge in [-0.3, -0.25) is 9.52 Å². The number of sulfonamides is 1. The Morgan fingerprint density at radius 3 is 2.10 bits per heavy atom. The summed E-state index contributed by atoms with van der Waals surface area (Å²) in [5.41, 5.74) is 1.99. The van der Waals surface area contributed by atoms with Crippen LogP contribution in [0.3, 0.4) is 0 Å². The minimum atomic E-state index is -3.45.